The maximum atomic E-state index is 13.5. The summed E-state index contributed by atoms with van der Waals surface area (Å²) in [6, 6.07) is 17.3. The Hall–Kier alpha value is -3.19. The summed E-state index contributed by atoms with van der Waals surface area (Å²) in [6.45, 7) is 0.232. The van der Waals surface area contributed by atoms with Gasteiger partial charge in [0.2, 0.25) is 5.91 Å². The van der Waals surface area contributed by atoms with Gasteiger partial charge in [-0.1, -0.05) is 42.5 Å². The number of furan rings is 1. The van der Waals surface area contributed by atoms with Gasteiger partial charge in [-0.2, -0.15) is 0 Å². The second-order valence-corrected chi connectivity index (χ2v) is 10.5. The van der Waals surface area contributed by atoms with Crippen molar-refractivity contribution in [2.24, 2.45) is 0 Å². The van der Waals surface area contributed by atoms with Crippen molar-refractivity contribution < 1.29 is 22.0 Å². The van der Waals surface area contributed by atoms with Gasteiger partial charge in [0.25, 0.3) is 0 Å². The molecule has 5 nitrogen and oxygen atoms in total. The van der Waals surface area contributed by atoms with E-state index in [0.717, 1.165) is 27.3 Å². The first-order valence-corrected chi connectivity index (χ1v) is 12.3. The molecule has 5 rings (SSSR count). The molecule has 0 bridgehead atoms. The molecule has 1 atom stereocenters. The third kappa shape index (κ3) is 4.00. The molecule has 1 aromatic heterocycles. The zero-order valence-corrected chi connectivity index (χ0v) is 18.1. The van der Waals surface area contributed by atoms with Crippen LogP contribution in [0, 0.1) is 5.82 Å². The molecule has 164 valence electrons. The fourth-order valence-corrected chi connectivity index (χ4v) is 6.23. The largest absolute Gasteiger partial charge is 0.464 e. The summed E-state index contributed by atoms with van der Waals surface area (Å²) < 4.78 is 43.3. The Balaban J connectivity index is 1.48. The highest BCUT2D eigenvalue weighted by Gasteiger charge is 2.35. The minimum absolute atomic E-state index is 0.0466. The number of carbonyl (C=O) groups is 1. The Kier molecular flexibility index (Phi) is 5.21. The molecule has 0 aliphatic carbocycles. The molecular formula is C25H22FNO4S. The topological polar surface area (TPSA) is 67.6 Å². The van der Waals surface area contributed by atoms with Crippen molar-refractivity contribution >= 4 is 37.5 Å². The van der Waals surface area contributed by atoms with E-state index in [1.54, 1.807) is 23.3 Å². The van der Waals surface area contributed by atoms with Crippen molar-refractivity contribution in [2.75, 3.05) is 11.5 Å². The molecule has 1 fully saturated rings. The average Bonchev–Trinajstić information content (AvgIpc) is 3.36. The lowest BCUT2D eigenvalue weighted by Crippen LogP contribution is -2.41. The van der Waals surface area contributed by atoms with E-state index in [9.17, 15) is 17.6 Å². The molecular weight excluding hydrogens is 429 g/mol. The van der Waals surface area contributed by atoms with Crippen molar-refractivity contribution in [3.05, 3.63) is 83.9 Å². The molecule has 0 radical (unpaired) electrons. The number of benzene rings is 3. The molecule has 32 heavy (non-hydrogen) atoms. The van der Waals surface area contributed by atoms with Crippen LogP contribution in [0.4, 0.5) is 4.39 Å². The zero-order chi connectivity index (χ0) is 22.3. The van der Waals surface area contributed by atoms with Gasteiger partial charge in [-0.15, -0.1) is 0 Å². The maximum Gasteiger partial charge on any atom is 0.227 e. The number of amides is 1. The molecule has 1 saturated heterocycles. The van der Waals surface area contributed by atoms with E-state index < -0.39 is 15.9 Å². The monoisotopic (exact) mass is 451 g/mol. The number of rotatable bonds is 5. The number of halogens is 1. The summed E-state index contributed by atoms with van der Waals surface area (Å²) in [6.07, 6.45) is 2.11. The molecule has 1 aliphatic rings. The van der Waals surface area contributed by atoms with Gasteiger partial charge in [-0.3, -0.25) is 4.79 Å². The van der Waals surface area contributed by atoms with E-state index in [-0.39, 0.29) is 36.2 Å². The first-order valence-electron chi connectivity index (χ1n) is 10.5. The van der Waals surface area contributed by atoms with E-state index in [2.05, 4.69) is 0 Å². The molecule has 4 aromatic rings. The molecule has 1 aliphatic heterocycles. The highest BCUT2D eigenvalue weighted by atomic mass is 32.2. The van der Waals surface area contributed by atoms with Gasteiger partial charge >= 0.3 is 0 Å². The van der Waals surface area contributed by atoms with Gasteiger partial charge in [0, 0.05) is 23.5 Å². The van der Waals surface area contributed by atoms with Crippen LogP contribution in [0.3, 0.4) is 0 Å². The highest BCUT2D eigenvalue weighted by molar-refractivity contribution is 7.91. The van der Waals surface area contributed by atoms with E-state index in [0.29, 0.717) is 12.0 Å². The predicted octanol–water partition coefficient (Wildman–Crippen LogP) is 4.48. The first-order chi connectivity index (χ1) is 15.4. The molecule has 1 amide bonds. The summed E-state index contributed by atoms with van der Waals surface area (Å²) >= 11 is 0. The van der Waals surface area contributed by atoms with Gasteiger partial charge in [0.15, 0.2) is 9.84 Å². The van der Waals surface area contributed by atoms with Crippen LogP contribution in [-0.4, -0.2) is 36.8 Å². The van der Waals surface area contributed by atoms with Crippen LogP contribution in [0.5, 0.6) is 0 Å². The van der Waals surface area contributed by atoms with Crippen LogP contribution >= 0.6 is 0 Å². The number of hydrogen-bond donors (Lipinski definition) is 0. The van der Waals surface area contributed by atoms with Gasteiger partial charge in [-0.05, 0) is 41.0 Å². The van der Waals surface area contributed by atoms with Crippen molar-refractivity contribution in [2.45, 2.75) is 25.4 Å². The van der Waals surface area contributed by atoms with E-state index >= 15 is 0 Å². The van der Waals surface area contributed by atoms with Gasteiger partial charge < -0.3 is 9.32 Å². The van der Waals surface area contributed by atoms with Crippen LogP contribution in [-0.2, 0) is 27.6 Å². The Morgan fingerprint density at radius 3 is 2.59 bits per heavy atom. The minimum Gasteiger partial charge on any atom is -0.464 e. The standard InChI is InChI=1S/C25H22FNO4S/c26-20-8-5-17(6-9-20)14-27(21-11-12-32(29,30)16-21)24(28)13-19-15-31-23-10-7-18-3-1-2-4-22(18)25(19)23/h1-10,15,21H,11-14,16H2. The van der Waals surface area contributed by atoms with E-state index in [1.165, 1.54) is 12.1 Å². The fourth-order valence-electron chi connectivity index (χ4n) is 4.50. The molecule has 1 unspecified atom stereocenters. The third-order valence-electron chi connectivity index (χ3n) is 6.12. The Morgan fingerprint density at radius 2 is 1.84 bits per heavy atom. The summed E-state index contributed by atoms with van der Waals surface area (Å²) in [7, 11) is -3.17. The Morgan fingerprint density at radius 1 is 1.06 bits per heavy atom. The van der Waals surface area contributed by atoms with E-state index in [1.807, 2.05) is 36.4 Å². The van der Waals surface area contributed by atoms with Crippen LogP contribution in [0.1, 0.15) is 17.5 Å². The second kappa shape index (κ2) is 8.06. The molecule has 0 spiro atoms. The Labute approximate surface area is 185 Å². The smallest absolute Gasteiger partial charge is 0.227 e. The first kappa shape index (κ1) is 20.7. The summed E-state index contributed by atoms with van der Waals surface area (Å²) in [5, 5.41) is 2.97. The van der Waals surface area contributed by atoms with Crippen molar-refractivity contribution in [1.29, 1.82) is 0 Å². The molecule has 2 heterocycles. The van der Waals surface area contributed by atoms with Crippen molar-refractivity contribution in [3.8, 4) is 0 Å². The fraction of sp³-hybridized carbons (Fsp3) is 0.240. The summed E-state index contributed by atoms with van der Waals surface area (Å²) in [5.74, 6) is -0.502. The third-order valence-corrected chi connectivity index (χ3v) is 7.87. The number of hydrogen-bond acceptors (Lipinski definition) is 4. The van der Waals surface area contributed by atoms with E-state index in [4.69, 9.17) is 4.42 Å². The lowest BCUT2D eigenvalue weighted by atomic mass is 10.0. The number of carbonyl (C=O) groups excluding carboxylic acids is 1. The molecule has 7 heteroatoms. The minimum atomic E-state index is -3.17. The normalized spacial score (nSPS) is 17.7. The second-order valence-electron chi connectivity index (χ2n) is 8.30. The lowest BCUT2D eigenvalue weighted by molar-refractivity contribution is -0.133. The van der Waals surface area contributed by atoms with Gasteiger partial charge in [0.05, 0.1) is 24.2 Å². The predicted molar refractivity (Wildman–Crippen MR) is 121 cm³/mol. The van der Waals surface area contributed by atoms with Crippen LogP contribution < -0.4 is 0 Å². The number of nitrogens with zero attached hydrogens (tertiary/aromatic N) is 1. The van der Waals surface area contributed by atoms with Gasteiger partial charge in [0.1, 0.15) is 11.4 Å². The van der Waals surface area contributed by atoms with Crippen LogP contribution in [0.15, 0.2) is 71.3 Å². The summed E-state index contributed by atoms with van der Waals surface area (Å²) in [5.41, 5.74) is 2.23. The molecule has 3 aromatic carbocycles. The summed E-state index contributed by atoms with van der Waals surface area (Å²) in [4.78, 5) is 15.1. The number of fused-ring (bicyclic) bond motifs is 3. The SMILES string of the molecule is O=C(Cc1coc2ccc3ccccc3c12)N(Cc1ccc(F)cc1)C1CCS(=O)(=O)C1. The average molecular weight is 452 g/mol. The number of sulfone groups is 1. The zero-order valence-electron chi connectivity index (χ0n) is 17.3. The quantitative estimate of drug-likeness (QED) is 0.449. The highest BCUT2D eigenvalue weighted by Crippen LogP contribution is 2.31. The van der Waals surface area contributed by atoms with Crippen molar-refractivity contribution in [1.82, 2.24) is 4.90 Å². The van der Waals surface area contributed by atoms with Crippen LogP contribution in [0.25, 0.3) is 21.7 Å². The van der Waals surface area contributed by atoms with Crippen molar-refractivity contribution in [3.63, 3.8) is 0 Å². The Bertz CT molecular complexity index is 1410. The van der Waals surface area contributed by atoms with Gasteiger partial charge in [-0.25, -0.2) is 12.8 Å². The lowest BCUT2D eigenvalue weighted by Gasteiger charge is -2.28. The maximum absolute atomic E-state index is 13.5. The molecule has 0 saturated carbocycles. The van der Waals surface area contributed by atoms with Crippen LogP contribution in [0.2, 0.25) is 0 Å². The molecule has 0 N–H and O–H groups in total.